The standard InChI is InChI=1S/C13H16ClNO2/c1-2-9-6-7-15(8-9)12-10(13(16)17)4-3-5-11(12)14/h3-5,9H,2,6-8H2,1H3,(H,16,17). The van der Waals surface area contributed by atoms with Crippen molar-refractivity contribution >= 4 is 23.3 Å². The molecule has 1 aliphatic rings. The first-order valence-corrected chi connectivity index (χ1v) is 6.28. The Labute approximate surface area is 106 Å². The predicted octanol–water partition coefficient (Wildman–Crippen LogP) is 3.27. The largest absolute Gasteiger partial charge is 0.478 e. The zero-order valence-electron chi connectivity index (χ0n) is 9.82. The lowest BCUT2D eigenvalue weighted by molar-refractivity contribution is 0.0697. The average molecular weight is 254 g/mol. The highest BCUT2D eigenvalue weighted by molar-refractivity contribution is 6.34. The van der Waals surface area contributed by atoms with E-state index in [0.717, 1.165) is 25.9 Å². The van der Waals surface area contributed by atoms with E-state index in [1.807, 2.05) is 0 Å². The molecule has 1 aromatic rings. The molecule has 92 valence electrons. The maximum absolute atomic E-state index is 11.2. The van der Waals surface area contributed by atoms with Crippen LogP contribution in [0, 0.1) is 5.92 Å². The lowest BCUT2D eigenvalue weighted by atomic mass is 10.1. The topological polar surface area (TPSA) is 40.5 Å². The van der Waals surface area contributed by atoms with Gasteiger partial charge in [-0.25, -0.2) is 4.79 Å². The van der Waals surface area contributed by atoms with Gasteiger partial charge in [-0.1, -0.05) is 31.0 Å². The smallest absolute Gasteiger partial charge is 0.337 e. The fourth-order valence-electron chi connectivity index (χ4n) is 2.38. The Morgan fingerprint density at radius 1 is 1.59 bits per heavy atom. The van der Waals surface area contributed by atoms with Gasteiger partial charge in [0.05, 0.1) is 16.3 Å². The maximum Gasteiger partial charge on any atom is 0.337 e. The third-order valence-electron chi connectivity index (χ3n) is 3.40. The molecular weight excluding hydrogens is 238 g/mol. The third-order valence-corrected chi connectivity index (χ3v) is 3.70. The number of anilines is 1. The van der Waals surface area contributed by atoms with E-state index in [4.69, 9.17) is 11.6 Å². The summed E-state index contributed by atoms with van der Waals surface area (Å²) < 4.78 is 0. The summed E-state index contributed by atoms with van der Waals surface area (Å²) in [7, 11) is 0. The SMILES string of the molecule is CCC1CCN(c2c(Cl)cccc2C(=O)O)C1. The minimum Gasteiger partial charge on any atom is -0.478 e. The van der Waals surface area contributed by atoms with Crippen LogP contribution in [0.3, 0.4) is 0 Å². The van der Waals surface area contributed by atoms with Gasteiger partial charge in [-0.3, -0.25) is 0 Å². The number of benzene rings is 1. The highest BCUT2D eigenvalue weighted by atomic mass is 35.5. The first-order valence-electron chi connectivity index (χ1n) is 5.90. The molecule has 17 heavy (non-hydrogen) atoms. The number of carboxylic acid groups (broad SMARTS) is 1. The first kappa shape index (κ1) is 12.2. The van der Waals surface area contributed by atoms with Crippen LogP contribution in [0.2, 0.25) is 5.02 Å². The van der Waals surface area contributed by atoms with Crippen LogP contribution in [-0.4, -0.2) is 24.2 Å². The minimum absolute atomic E-state index is 0.300. The molecule has 0 bridgehead atoms. The van der Waals surface area contributed by atoms with Crippen LogP contribution in [-0.2, 0) is 0 Å². The summed E-state index contributed by atoms with van der Waals surface area (Å²) in [5, 5.41) is 9.72. The van der Waals surface area contributed by atoms with Crippen LogP contribution in [0.25, 0.3) is 0 Å². The van der Waals surface area contributed by atoms with E-state index >= 15 is 0 Å². The van der Waals surface area contributed by atoms with Gasteiger partial charge in [0, 0.05) is 13.1 Å². The van der Waals surface area contributed by atoms with E-state index in [2.05, 4.69) is 11.8 Å². The molecule has 0 amide bonds. The molecule has 1 unspecified atom stereocenters. The van der Waals surface area contributed by atoms with Gasteiger partial charge in [-0.05, 0) is 24.5 Å². The number of hydrogen-bond acceptors (Lipinski definition) is 2. The van der Waals surface area contributed by atoms with Crippen molar-refractivity contribution in [3.8, 4) is 0 Å². The van der Waals surface area contributed by atoms with Crippen molar-refractivity contribution < 1.29 is 9.90 Å². The van der Waals surface area contributed by atoms with E-state index in [9.17, 15) is 9.90 Å². The minimum atomic E-state index is -0.914. The summed E-state index contributed by atoms with van der Waals surface area (Å²) >= 11 is 6.14. The number of carboxylic acids is 1. The Kier molecular flexibility index (Phi) is 3.57. The molecule has 0 radical (unpaired) electrons. The Bertz CT molecular complexity index is 433. The number of halogens is 1. The number of carbonyl (C=O) groups is 1. The summed E-state index contributed by atoms with van der Waals surface area (Å²) in [5.41, 5.74) is 0.979. The number of hydrogen-bond donors (Lipinski definition) is 1. The van der Waals surface area contributed by atoms with Crippen LogP contribution < -0.4 is 4.90 Å². The molecule has 0 aromatic heterocycles. The third kappa shape index (κ3) is 2.39. The summed E-state index contributed by atoms with van der Waals surface area (Å²) in [5.74, 6) is -0.268. The molecule has 1 atom stereocenters. The van der Waals surface area contributed by atoms with Crippen molar-refractivity contribution in [1.29, 1.82) is 0 Å². The van der Waals surface area contributed by atoms with Gasteiger partial charge in [-0.2, -0.15) is 0 Å². The number of aromatic carboxylic acids is 1. The summed E-state index contributed by atoms with van der Waals surface area (Å²) in [6, 6.07) is 5.05. The first-order chi connectivity index (χ1) is 8.13. The van der Waals surface area contributed by atoms with Gasteiger partial charge < -0.3 is 10.0 Å². The number of para-hydroxylation sites is 1. The van der Waals surface area contributed by atoms with Gasteiger partial charge in [0.15, 0.2) is 0 Å². The number of nitrogens with zero attached hydrogens (tertiary/aromatic N) is 1. The monoisotopic (exact) mass is 253 g/mol. The lowest BCUT2D eigenvalue weighted by Gasteiger charge is -2.22. The van der Waals surface area contributed by atoms with Crippen molar-refractivity contribution in [3.05, 3.63) is 28.8 Å². The van der Waals surface area contributed by atoms with E-state index in [0.29, 0.717) is 22.2 Å². The molecule has 1 aromatic carbocycles. The second kappa shape index (κ2) is 4.96. The van der Waals surface area contributed by atoms with Crippen LogP contribution in [0.15, 0.2) is 18.2 Å². The Morgan fingerprint density at radius 2 is 2.35 bits per heavy atom. The predicted molar refractivity (Wildman–Crippen MR) is 69.0 cm³/mol. The quantitative estimate of drug-likeness (QED) is 0.899. The number of rotatable bonds is 3. The van der Waals surface area contributed by atoms with Crippen molar-refractivity contribution in [2.24, 2.45) is 5.92 Å². The van der Waals surface area contributed by atoms with E-state index in [-0.39, 0.29) is 0 Å². The van der Waals surface area contributed by atoms with E-state index in [1.54, 1.807) is 18.2 Å². The summed E-state index contributed by atoms with van der Waals surface area (Å²) in [6.45, 7) is 3.96. The van der Waals surface area contributed by atoms with Crippen molar-refractivity contribution in [1.82, 2.24) is 0 Å². The molecule has 1 aliphatic heterocycles. The molecule has 1 N–H and O–H groups in total. The second-order valence-corrected chi connectivity index (χ2v) is 4.86. The van der Waals surface area contributed by atoms with Crippen molar-refractivity contribution in [3.63, 3.8) is 0 Å². The van der Waals surface area contributed by atoms with Gasteiger partial charge in [0.2, 0.25) is 0 Å². The van der Waals surface area contributed by atoms with Gasteiger partial charge in [0.25, 0.3) is 0 Å². The highest BCUT2D eigenvalue weighted by Gasteiger charge is 2.26. The molecule has 0 aliphatic carbocycles. The molecule has 0 saturated carbocycles. The molecule has 1 heterocycles. The van der Waals surface area contributed by atoms with E-state index in [1.165, 1.54) is 0 Å². The van der Waals surface area contributed by atoms with Gasteiger partial charge in [0.1, 0.15) is 0 Å². The summed E-state index contributed by atoms with van der Waals surface area (Å²) in [4.78, 5) is 13.3. The average Bonchev–Trinajstić information content (AvgIpc) is 2.76. The normalized spacial score (nSPS) is 19.6. The zero-order chi connectivity index (χ0) is 12.4. The summed E-state index contributed by atoms with van der Waals surface area (Å²) in [6.07, 6.45) is 2.24. The molecule has 3 nitrogen and oxygen atoms in total. The maximum atomic E-state index is 11.2. The van der Waals surface area contributed by atoms with Crippen molar-refractivity contribution in [2.75, 3.05) is 18.0 Å². The lowest BCUT2D eigenvalue weighted by Crippen LogP contribution is -2.22. The van der Waals surface area contributed by atoms with Crippen LogP contribution in [0.1, 0.15) is 30.1 Å². The second-order valence-electron chi connectivity index (χ2n) is 4.45. The Morgan fingerprint density at radius 3 is 2.94 bits per heavy atom. The molecule has 0 spiro atoms. The Balaban J connectivity index is 2.34. The molecule has 1 fully saturated rings. The molecule has 1 saturated heterocycles. The van der Waals surface area contributed by atoms with Gasteiger partial charge in [-0.15, -0.1) is 0 Å². The highest BCUT2D eigenvalue weighted by Crippen LogP contribution is 2.34. The zero-order valence-corrected chi connectivity index (χ0v) is 10.6. The molecule has 4 heteroatoms. The fourth-order valence-corrected chi connectivity index (χ4v) is 2.67. The fraction of sp³-hybridized carbons (Fsp3) is 0.462. The Hall–Kier alpha value is -1.22. The van der Waals surface area contributed by atoms with Gasteiger partial charge >= 0.3 is 5.97 Å². The van der Waals surface area contributed by atoms with Crippen molar-refractivity contribution in [2.45, 2.75) is 19.8 Å². The van der Waals surface area contributed by atoms with Crippen LogP contribution in [0.5, 0.6) is 0 Å². The van der Waals surface area contributed by atoms with E-state index < -0.39 is 5.97 Å². The molecule has 2 rings (SSSR count). The van der Waals surface area contributed by atoms with Crippen LogP contribution >= 0.6 is 11.6 Å². The van der Waals surface area contributed by atoms with Crippen LogP contribution in [0.4, 0.5) is 5.69 Å². The molecular formula is C13H16ClNO2.